The highest BCUT2D eigenvalue weighted by atomic mass is 32.1. The lowest BCUT2D eigenvalue weighted by Gasteiger charge is -2.37. The van der Waals surface area contributed by atoms with Crippen molar-refractivity contribution in [2.75, 3.05) is 18.0 Å². The van der Waals surface area contributed by atoms with Gasteiger partial charge in [0.2, 0.25) is 0 Å². The average Bonchev–Trinajstić information content (AvgIpc) is 3.04. The number of ether oxygens (including phenoxy) is 1. The van der Waals surface area contributed by atoms with Gasteiger partial charge in [-0.1, -0.05) is 12.1 Å². The van der Waals surface area contributed by atoms with Crippen molar-refractivity contribution in [1.82, 2.24) is 9.97 Å². The molecule has 4 rings (SSSR count). The van der Waals surface area contributed by atoms with Crippen LogP contribution < -0.4 is 4.90 Å². The summed E-state index contributed by atoms with van der Waals surface area (Å²) in [6.45, 7) is 5.61. The fraction of sp³-hybridized carbons (Fsp3) is 0.316. The van der Waals surface area contributed by atoms with Crippen LogP contribution in [0.5, 0.6) is 0 Å². The van der Waals surface area contributed by atoms with E-state index in [1.54, 1.807) is 17.5 Å². The normalized spacial score (nSPS) is 20.8. The van der Waals surface area contributed by atoms with Crippen LogP contribution >= 0.6 is 11.3 Å². The molecule has 0 radical (unpaired) electrons. The Labute approximate surface area is 150 Å². The monoisotopic (exact) mass is 353 g/mol. The maximum absolute atomic E-state index is 11.7. The Morgan fingerprint density at radius 1 is 1.24 bits per heavy atom. The molecular weight excluding hydrogens is 334 g/mol. The predicted octanol–water partition coefficient (Wildman–Crippen LogP) is 3.78. The van der Waals surface area contributed by atoms with Gasteiger partial charge >= 0.3 is 0 Å². The van der Waals surface area contributed by atoms with E-state index in [1.807, 2.05) is 44.2 Å². The first kappa shape index (κ1) is 16.2. The van der Waals surface area contributed by atoms with E-state index < -0.39 is 0 Å². The third-order valence-corrected chi connectivity index (χ3v) is 5.37. The highest BCUT2D eigenvalue weighted by Crippen LogP contribution is 2.31. The minimum atomic E-state index is 0.132. The molecule has 1 fully saturated rings. The maximum atomic E-state index is 11.7. The Morgan fingerprint density at radius 2 is 2.00 bits per heavy atom. The lowest BCUT2D eigenvalue weighted by atomic mass is 10.1. The summed E-state index contributed by atoms with van der Waals surface area (Å²) in [4.78, 5) is 23.1. The molecule has 0 saturated carbocycles. The molecule has 1 aliphatic rings. The quantitative estimate of drug-likeness (QED) is 0.671. The second-order valence-corrected chi connectivity index (χ2v) is 7.43. The number of nitrogens with zero attached hydrogens (tertiary/aromatic N) is 3. The smallest absolute Gasteiger partial charge is 0.152 e. The number of para-hydroxylation sites is 1. The van der Waals surface area contributed by atoms with Crippen LogP contribution in [0.4, 0.5) is 5.69 Å². The number of fused-ring (bicyclic) bond motifs is 1. The molecule has 2 aromatic heterocycles. The van der Waals surface area contributed by atoms with Gasteiger partial charge < -0.3 is 9.64 Å². The molecule has 2 atom stereocenters. The van der Waals surface area contributed by atoms with Crippen LogP contribution in [0, 0.1) is 0 Å². The number of rotatable bonds is 3. The summed E-state index contributed by atoms with van der Waals surface area (Å²) in [7, 11) is 0. The van der Waals surface area contributed by atoms with Gasteiger partial charge in [0.25, 0.3) is 0 Å². The number of anilines is 1. The van der Waals surface area contributed by atoms with Crippen molar-refractivity contribution in [1.29, 1.82) is 0 Å². The first-order valence-corrected chi connectivity index (χ1v) is 9.17. The number of morpholine rings is 1. The van der Waals surface area contributed by atoms with Crippen molar-refractivity contribution in [3.05, 3.63) is 42.1 Å². The van der Waals surface area contributed by atoms with Gasteiger partial charge in [-0.2, -0.15) is 0 Å². The summed E-state index contributed by atoms with van der Waals surface area (Å²) in [5, 5.41) is 0.833. The molecule has 25 heavy (non-hydrogen) atoms. The molecule has 0 N–H and O–H groups in total. The average molecular weight is 353 g/mol. The summed E-state index contributed by atoms with van der Waals surface area (Å²) >= 11 is 1.59. The van der Waals surface area contributed by atoms with E-state index in [2.05, 4.69) is 14.9 Å². The van der Waals surface area contributed by atoms with Gasteiger partial charge in [-0.3, -0.25) is 9.78 Å². The van der Waals surface area contributed by atoms with Gasteiger partial charge in [-0.05, 0) is 32.0 Å². The van der Waals surface area contributed by atoms with Crippen molar-refractivity contribution < 1.29 is 9.53 Å². The number of hydrogen-bond acceptors (Lipinski definition) is 6. The molecule has 2 unspecified atom stereocenters. The van der Waals surface area contributed by atoms with Gasteiger partial charge in [0.15, 0.2) is 6.29 Å². The lowest BCUT2D eigenvalue weighted by Crippen LogP contribution is -2.45. The number of benzene rings is 1. The minimum Gasteiger partial charge on any atom is -0.372 e. The molecule has 1 saturated heterocycles. The highest BCUT2D eigenvalue weighted by molar-refractivity contribution is 7.21. The fourth-order valence-corrected chi connectivity index (χ4v) is 4.23. The molecule has 128 valence electrons. The lowest BCUT2D eigenvalue weighted by molar-refractivity contribution is -0.00527. The number of pyridine rings is 1. The molecule has 0 spiro atoms. The first-order valence-electron chi connectivity index (χ1n) is 8.35. The van der Waals surface area contributed by atoms with Gasteiger partial charge in [-0.15, -0.1) is 11.3 Å². The van der Waals surface area contributed by atoms with Gasteiger partial charge in [0.1, 0.15) is 5.01 Å². The Bertz CT molecular complexity index is 881. The Balaban J connectivity index is 1.71. The number of hydrogen-bond donors (Lipinski definition) is 0. The van der Waals surface area contributed by atoms with E-state index >= 15 is 0 Å². The Kier molecular flexibility index (Phi) is 4.23. The first-order chi connectivity index (χ1) is 12.1. The van der Waals surface area contributed by atoms with Crippen molar-refractivity contribution >= 4 is 33.5 Å². The molecular formula is C19H19N3O2S. The fourth-order valence-electron chi connectivity index (χ4n) is 3.30. The molecule has 5 nitrogen and oxygen atoms in total. The summed E-state index contributed by atoms with van der Waals surface area (Å²) in [6, 6.07) is 9.84. The van der Waals surface area contributed by atoms with Crippen molar-refractivity contribution in [3.63, 3.8) is 0 Å². The van der Waals surface area contributed by atoms with Gasteiger partial charge in [0, 0.05) is 18.7 Å². The topological polar surface area (TPSA) is 55.3 Å². The summed E-state index contributed by atoms with van der Waals surface area (Å²) in [5.74, 6) is 0. The van der Waals surface area contributed by atoms with E-state index in [-0.39, 0.29) is 12.2 Å². The molecule has 1 aliphatic heterocycles. The van der Waals surface area contributed by atoms with Crippen LogP contribution in [0.15, 0.2) is 36.5 Å². The number of thiazole rings is 1. The Morgan fingerprint density at radius 3 is 2.72 bits per heavy atom. The molecule has 6 heteroatoms. The minimum absolute atomic E-state index is 0.132. The second kappa shape index (κ2) is 6.54. The third-order valence-electron chi connectivity index (χ3n) is 4.31. The Hall–Kier alpha value is -2.31. The van der Waals surface area contributed by atoms with Gasteiger partial charge in [0.05, 0.1) is 40.0 Å². The molecule has 3 heterocycles. The van der Waals surface area contributed by atoms with Gasteiger partial charge in [-0.25, -0.2) is 4.98 Å². The van der Waals surface area contributed by atoms with Crippen LogP contribution in [0.3, 0.4) is 0 Å². The highest BCUT2D eigenvalue weighted by Gasteiger charge is 2.24. The van der Waals surface area contributed by atoms with E-state index in [0.29, 0.717) is 5.56 Å². The van der Waals surface area contributed by atoms with E-state index in [0.717, 1.165) is 46.0 Å². The van der Waals surface area contributed by atoms with Crippen molar-refractivity contribution in [2.24, 2.45) is 0 Å². The van der Waals surface area contributed by atoms with Crippen LogP contribution in [0.25, 0.3) is 20.9 Å². The van der Waals surface area contributed by atoms with E-state index in [1.165, 1.54) is 0 Å². The standard InChI is InChI=1S/C19H19N3O2S/c1-12-9-22(10-13(2)24-12)17-8-20-16(7-14(17)11-23)19-21-15-5-3-4-6-18(15)25-19/h3-8,11-13H,9-10H2,1-2H3. The van der Waals surface area contributed by atoms with Crippen molar-refractivity contribution in [3.8, 4) is 10.7 Å². The number of carbonyl (C=O) groups is 1. The predicted molar refractivity (Wildman–Crippen MR) is 100 cm³/mol. The zero-order chi connectivity index (χ0) is 17.4. The maximum Gasteiger partial charge on any atom is 0.152 e. The molecule has 1 aromatic carbocycles. The molecule has 3 aromatic rings. The molecule has 0 aliphatic carbocycles. The van der Waals surface area contributed by atoms with Crippen LogP contribution in [-0.4, -0.2) is 41.6 Å². The summed E-state index contributed by atoms with van der Waals surface area (Å²) < 4.78 is 6.90. The van der Waals surface area contributed by atoms with E-state index in [4.69, 9.17) is 4.74 Å². The van der Waals surface area contributed by atoms with Crippen LogP contribution in [0.1, 0.15) is 24.2 Å². The second-order valence-electron chi connectivity index (χ2n) is 6.40. The van der Waals surface area contributed by atoms with Crippen molar-refractivity contribution in [2.45, 2.75) is 26.1 Å². The third kappa shape index (κ3) is 3.15. The number of carbonyl (C=O) groups excluding carboxylic acids is 1. The number of aldehydes is 1. The largest absolute Gasteiger partial charge is 0.372 e. The number of aromatic nitrogens is 2. The summed E-state index contributed by atoms with van der Waals surface area (Å²) in [5.41, 5.74) is 3.20. The zero-order valence-electron chi connectivity index (χ0n) is 14.2. The summed E-state index contributed by atoms with van der Waals surface area (Å²) in [6.07, 6.45) is 2.95. The SMILES string of the molecule is CC1CN(c2cnc(-c3nc4ccccc4s3)cc2C=O)CC(C)O1. The van der Waals surface area contributed by atoms with E-state index in [9.17, 15) is 4.79 Å². The molecule has 0 bridgehead atoms. The van der Waals surface area contributed by atoms with Crippen LogP contribution in [-0.2, 0) is 4.74 Å². The van der Waals surface area contributed by atoms with Crippen LogP contribution in [0.2, 0.25) is 0 Å². The zero-order valence-corrected chi connectivity index (χ0v) is 15.0. The molecule has 0 amide bonds.